The molecule has 1 N–H and O–H groups in total. The lowest BCUT2D eigenvalue weighted by Gasteiger charge is -2.33. The number of aryl methyl sites for hydroxylation is 1. The van der Waals surface area contributed by atoms with Crippen LogP contribution in [0.4, 0.5) is 0 Å². The van der Waals surface area contributed by atoms with Crippen LogP contribution in [0.1, 0.15) is 17.3 Å². The molecule has 15 heavy (non-hydrogen) atoms. The highest BCUT2D eigenvalue weighted by Crippen LogP contribution is 2.26. The van der Waals surface area contributed by atoms with Crippen molar-refractivity contribution >= 4 is 11.6 Å². The van der Waals surface area contributed by atoms with Crippen LogP contribution in [0, 0.1) is 6.92 Å². The SMILES string of the molecule is Cc1ccc(C2CNCCN2C)c(Cl)n1. The minimum atomic E-state index is 0.347. The Kier molecular flexibility index (Phi) is 3.24. The summed E-state index contributed by atoms with van der Waals surface area (Å²) in [6, 6.07) is 4.45. The number of aromatic nitrogens is 1. The van der Waals surface area contributed by atoms with Gasteiger partial charge < -0.3 is 5.32 Å². The normalized spacial score (nSPS) is 23.0. The molecule has 0 aromatic carbocycles. The summed E-state index contributed by atoms with van der Waals surface area (Å²) < 4.78 is 0. The maximum absolute atomic E-state index is 6.16. The Labute approximate surface area is 95.4 Å². The molecular formula is C11H16ClN3. The molecule has 0 spiro atoms. The predicted octanol–water partition coefficient (Wildman–Crippen LogP) is 1.62. The number of nitrogens with one attached hydrogen (secondary N) is 1. The second-order valence-electron chi connectivity index (χ2n) is 4.03. The van der Waals surface area contributed by atoms with Crippen LogP contribution in [-0.4, -0.2) is 36.6 Å². The van der Waals surface area contributed by atoms with Crippen molar-refractivity contribution in [3.05, 3.63) is 28.5 Å². The van der Waals surface area contributed by atoms with Crippen LogP contribution in [-0.2, 0) is 0 Å². The van der Waals surface area contributed by atoms with E-state index in [9.17, 15) is 0 Å². The second-order valence-corrected chi connectivity index (χ2v) is 4.39. The Morgan fingerprint density at radius 3 is 3.00 bits per heavy atom. The average molecular weight is 226 g/mol. The molecule has 0 saturated carbocycles. The minimum Gasteiger partial charge on any atom is -0.314 e. The smallest absolute Gasteiger partial charge is 0.134 e. The summed E-state index contributed by atoms with van der Waals surface area (Å²) in [5.41, 5.74) is 2.09. The van der Waals surface area contributed by atoms with Gasteiger partial charge in [0.1, 0.15) is 5.15 Å². The van der Waals surface area contributed by atoms with E-state index in [0.717, 1.165) is 30.9 Å². The highest BCUT2D eigenvalue weighted by atomic mass is 35.5. The maximum atomic E-state index is 6.16. The zero-order valence-electron chi connectivity index (χ0n) is 9.13. The maximum Gasteiger partial charge on any atom is 0.134 e. The van der Waals surface area contributed by atoms with Crippen molar-refractivity contribution in [1.82, 2.24) is 15.2 Å². The van der Waals surface area contributed by atoms with Crippen LogP contribution in [0.3, 0.4) is 0 Å². The molecule has 1 saturated heterocycles. The molecule has 0 amide bonds. The van der Waals surface area contributed by atoms with E-state index in [2.05, 4.69) is 28.3 Å². The number of halogens is 1. The van der Waals surface area contributed by atoms with E-state index in [-0.39, 0.29) is 0 Å². The van der Waals surface area contributed by atoms with Crippen molar-refractivity contribution in [2.75, 3.05) is 26.7 Å². The lowest BCUT2D eigenvalue weighted by Crippen LogP contribution is -2.43. The molecule has 1 aromatic rings. The van der Waals surface area contributed by atoms with Gasteiger partial charge in [0.25, 0.3) is 0 Å². The zero-order chi connectivity index (χ0) is 10.8. The van der Waals surface area contributed by atoms with Gasteiger partial charge in [0.15, 0.2) is 0 Å². The van der Waals surface area contributed by atoms with E-state index >= 15 is 0 Å². The molecule has 0 aliphatic carbocycles. The Hall–Kier alpha value is -0.640. The number of hydrogen-bond donors (Lipinski definition) is 1. The molecule has 2 heterocycles. The zero-order valence-corrected chi connectivity index (χ0v) is 9.88. The van der Waals surface area contributed by atoms with Gasteiger partial charge in [-0.2, -0.15) is 0 Å². The van der Waals surface area contributed by atoms with Gasteiger partial charge in [-0.25, -0.2) is 4.98 Å². The topological polar surface area (TPSA) is 28.2 Å². The first-order valence-electron chi connectivity index (χ1n) is 5.22. The molecule has 1 atom stereocenters. The van der Waals surface area contributed by atoms with Crippen molar-refractivity contribution in [3.8, 4) is 0 Å². The number of rotatable bonds is 1. The fourth-order valence-corrected chi connectivity index (χ4v) is 2.26. The number of piperazine rings is 1. The van der Waals surface area contributed by atoms with E-state index in [1.165, 1.54) is 0 Å². The first-order chi connectivity index (χ1) is 7.18. The molecular weight excluding hydrogens is 210 g/mol. The first kappa shape index (κ1) is 10.9. The summed E-state index contributed by atoms with van der Waals surface area (Å²) in [6.45, 7) is 5.00. The van der Waals surface area contributed by atoms with E-state index < -0.39 is 0 Å². The number of likely N-dealkylation sites (N-methyl/N-ethyl adjacent to an activating group) is 1. The van der Waals surface area contributed by atoms with Gasteiger partial charge in [-0.3, -0.25) is 4.90 Å². The summed E-state index contributed by atoms with van der Waals surface area (Å²) in [5.74, 6) is 0. The molecule has 1 aliphatic heterocycles. The molecule has 1 aromatic heterocycles. The van der Waals surface area contributed by atoms with Gasteiger partial charge in [0, 0.05) is 30.9 Å². The molecule has 1 unspecified atom stereocenters. The quantitative estimate of drug-likeness (QED) is 0.737. The van der Waals surface area contributed by atoms with Crippen molar-refractivity contribution in [2.24, 2.45) is 0 Å². The van der Waals surface area contributed by atoms with E-state index in [4.69, 9.17) is 11.6 Å². The van der Waals surface area contributed by atoms with Crippen LogP contribution >= 0.6 is 11.6 Å². The van der Waals surface area contributed by atoms with Gasteiger partial charge in [-0.05, 0) is 20.0 Å². The summed E-state index contributed by atoms with van der Waals surface area (Å²) in [5, 5.41) is 4.01. The van der Waals surface area contributed by atoms with Gasteiger partial charge >= 0.3 is 0 Å². The van der Waals surface area contributed by atoms with Crippen LogP contribution in [0.15, 0.2) is 12.1 Å². The van der Waals surface area contributed by atoms with Crippen LogP contribution < -0.4 is 5.32 Å². The third-order valence-corrected chi connectivity index (χ3v) is 3.19. The second kappa shape index (κ2) is 4.47. The Morgan fingerprint density at radius 1 is 1.53 bits per heavy atom. The lowest BCUT2D eigenvalue weighted by atomic mass is 10.1. The predicted molar refractivity (Wildman–Crippen MR) is 62.2 cm³/mol. The molecule has 2 rings (SSSR count). The highest BCUT2D eigenvalue weighted by Gasteiger charge is 2.22. The summed E-state index contributed by atoms with van der Waals surface area (Å²) in [7, 11) is 2.13. The third kappa shape index (κ3) is 2.30. The first-order valence-corrected chi connectivity index (χ1v) is 5.60. The Bertz CT molecular complexity index is 354. The number of hydrogen-bond acceptors (Lipinski definition) is 3. The number of pyridine rings is 1. The van der Waals surface area contributed by atoms with Gasteiger partial charge in [0.05, 0.1) is 6.04 Å². The van der Waals surface area contributed by atoms with Crippen molar-refractivity contribution in [2.45, 2.75) is 13.0 Å². The largest absolute Gasteiger partial charge is 0.314 e. The van der Waals surface area contributed by atoms with Crippen LogP contribution in [0.2, 0.25) is 5.15 Å². The van der Waals surface area contributed by atoms with Gasteiger partial charge in [-0.15, -0.1) is 0 Å². The molecule has 0 radical (unpaired) electrons. The molecule has 82 valence electrons. The average Bonchev–Trinajstić information content (AvgIpc) is 2.20. The summed E-state index contributed by atoms with van der Waals surface area (Å²) in [6.07, 6.45) is 0. The van der Waals surface area contributed by atoms with E-state index in [0.29, 0.717) is 11.2 Å². The summed E-state index contributed by atoms with van der Waals surface area (Å²) >= 11 is 6.16. The monoisotopic (exact) mass is 225 g/mol. The minimum absolute atomic E-state index is 0.347. The molecule has 1 fully saturated rings. The standard InChI is InChI=1S/C11H16ClN3/c1-8-3-4-9(11(12)14-8)10-7-13-5-6-15(10)2/h3-4,10,13H,5-7H2,1-2H3. The Morgan fingerprint density at radius 2 is 2.33 bits per heavy atom. The molecule has 3 nitrogen and oxygen atoms in total. The highest BCUT2D eigenvalue weighted by molar-refractivity contribution is 6.30. The van der Waals surface area contributed by atoms with Crippen LogP contribution in [0.25, 0.3) is 0 Å². The fourth-order valence-electron chi connectivity index (χ4n) is 1.94. The van der Waals surface area contributed by atoms with E-state index in [1.54, 1.807) is 0 Å². The van der Waals surface area contributed by atoms with Crippen molar-refractivity contribution in [1.29, 1.82) is 0 Å². The summed E-state index contributed by atoms with van der Waals surface area (Å²) in [4.78, 5) is 6.61. The molecule has 1 aliphatic rings. The lowest BCUT2D eigenvalue weighted by molar-refractivity contribution is 0.202. The third-order valence-electron chi connectivity index (χ3n) is 2.89. The van der Waals surface area contributed by atoms with Gasteiger partial charge in [-0.1, -0.05) is 17.7 Å². The fraction of sp³-hybridized carbons (Fsp3) is 0.545. The van der Waals surface area contributed by atoms with Crippen molar-refractivity contribution in [3.63, 3.8) is 0 Å². The van der Waals surface area contributed by atoms with Crippen LogP contribution in [0.5, 0.6) is 0 Å². The Balaban J connectivity index is 2.27. The van der Waals surface area contributed by atoms with E-state index in [1.807, 2.05) is 13.0 Å². The molecule has 0 bridgehead atoms. The molecule has 4 heteroatoms. The van der Waals surface area contributed by atoms with Crippen molar-refractivity contribution < 1.29 is 0 Å². The van der Waals surface area contributed by atoms with Gasteiger partial charge in [0.2, 0.25) is 0 Å². The number of nitrogens with zero attached hydrogens (tertiary/aromatic N) is 2.